The summed E-state index contributed by atoms with van der Waals surface area (Å²) in [5.74, 6) is 0.956. The first-order valence-corrected chi connectivity index (χ1v) is 7.22. The first-order valence-electron chi connectivity index (χ1n) is 7.22. The zero-order chi connectivity index (χ0) is 13.4. The van der Waals surface area contributed by atoms with E-state index in [4.69, 9.17) is 0 Å². The van der Waals surface area contributed by atoms with Gasteiger partial charge in [-0.3, -0.25) is 4.79 Å². The summed E-state index contributed by atoms with van der Waals surface area (Å²) in [6, 6.07) is 10.0. The van der Waals surface area contributed by atoms with E-state index in [1.54, 1.807) is 0 Å². The molecular weight excluding hydrogens is 234 g/mol. The number of hydrogen-bond acceptors (Lipinski definition) is 2. The second-order valence-corrected chi connectivity index (χ2v) is 6.01. The third kappa shape index (κ3) is 2.18. The predicted octanol–water partition coefficient (Wildman–Crippen LogP) is 3.61. The van der Waals surface area contributed by atoms with Gasteiger partial charge >= 0.3 is 0 Å². The maximum Gasteiger partial charge on any atom is 0.158 e. The molecule has 2 aliphatic carbocycles. The van der Waals surface area contributed by atoms with Gasteiger partial charge in [0.2, 0.25) is 0 Å². The average molecular weight is 253 g/mol. The van der Waals surface area contributed by atoms with Gasteiger partial charge in [-0.05, 0) is 37.2 Å². The van der Waals surface area contributed by atoms with Gasteiger partial charge in [0.15, 0.2) is 5.78 Å². The first kappa shape index (κ1) is 12.4. The van der Waals surface area contributed by atoms with Crippen LogP contribution in [0.5, 0.6) is 0 Å². The standard InChI is InChI=1S/C17H19NO/c1-11-6-8-12(9-7-11)15(10-18)17(19)16-13-4-2-3-5-14(13)16/h6-9,13-16H,2-5H2,1H3. The number of ketones is 1. The predicted molar refractivity (Wildman–Crippen MR) is 73.5 cm³/mol. The molecule has 2 saturated carbocycles. The fourth-order valence-electron chi connectivity index (χ4n) is 3.67. The van der Waals surface area contributed by atoms with Crippen molar-refractivity contribution in [3.63, 3.8) is 0 Å². The Morgan fingerprint density at radius 3 is 2.32 bits per heavy atom. The molecule has 2 nitrogen and oxygen atoms in total. The highest BCUT2D eigenvalue weighted by molar-refractivity contribution is 5.93. The Hall–Kier alpha value is -1.62. The summed E-state index contributed by atoms with van der Waals surface area (Å²) in [6.07, 6.45) is 4.89. The Balaban J connectivity index is 1.78. The Bertz CT molecular complexity index is 513. The van der Waals surface area contributed by atoms with Crippen LogP contribution in [0.2, 0.25) is 0 Å². The quantitative estimate of drug-likeness (QED) is 0.825. The minimum atomic E-state index is -0.559. The van der Waals surface area contributed by atoms with Gasteiger partial charge in [0, 0.05) is 5.92 Å². The van der Waals surface area contributed by atoms with Gasteiger partial charge in [-0.2, -0.15) is 5.26 Å². The van der Waals surface area contributed by atoms with Gasteiger partial charge in [0.1, 0.15) is 5.92 Å². The van der Waals surface area contributed by atoms with E-state index in [0.29, 0.717) is 11.8 Å². The monoisotopic (exact) mass is 253 g/mol. The number of nitrogens with zero attached hydrogens (tertiary/aromatic N) is 1. The van der Waals surface area contributed by atoms with Crippen molar-refractivity contribution in [2.24, 2.45) is 17.8 Å². The van der Waals surface area contributed by atoms with Gasteiger partial charge < -0.3 is 0 Å². The summed E-state index contributed by atoms with van der Waals surface area (Å²) in [5, 5.41) is 9.36. The molecule has 19 heavy (non-hydrogen) atoms. The van der Waals surface area contributed by atoms with E-state index in [2.05, 4.69) is 6.07 Å². The van der Waals surface area contributed by atoms with Gasteiger partial charge in [-0.15, -0.1) is 0 Å². The van der Waals surface area contributed by atoms with E-state index >= 15 is 0 Å². The molecule has 0 aromatic heterocycles. The molecule has 3 rings (SSSR count). The summed E-state index contributed by atoms with van der Waals surface area (Å²) in [5.41, 5.74) is 2.02. The summed E-state index contributed by atoms with van der Waals surface area (Å²) >= 11 is 0. The van der Waals surface area contributed by atoms with Gasteiger partial charge in [0.25, 0.3) is 0 Å². The van der Waals surface area contributed by atoms with Crippen molar-refractivity contribution in [2.45, 2.75) is 38.5 Å². The Kier molecular flexibility index (Phi) is 3.14. The number of nitriles is 1. The first-order chi connectivity index (χ1) is 9.22. The van der Waals surface area contributed by atoms with E-state index in [9.17, 15) is 10.1 Å². The molecule has 3 unspecified atom stereocenters. The molecule has 0 amide bonds. The SMILES string of the molecule is Cc1ccc(C(C#N)C(=O)C2C3CCCCC32)cc1. The number of rotatable bonds is 3. The highest BCUT2D eigenvalue weighted by atomic mass is 16.1. The number of Topliss-reactive ketones (excluding diaryl/α,β-unsaturated/α-hetero) is 1. The fourth-order valence-corrected chi connectivity index (χ4v) is 3.67. The average Bonchev–Trinajstić information content (AvgIpc) is 3.16. The van der Waals surface area contributed by atoms with Crippen LogP contribution >= 0.6 is 0 Å². The molecule has 0 aliphatic heterocycles. The lowest BCUT2D eigenvalue weighted by molar-refractivity contribution is -0.121. The van der Waals surface area contributed by atoms with Crippen molar-refractivity contribution in [3.05, 3.63) is 35.4 Å². The number of fused-ring (bicyclic) bond motifs is 1. The molecule has 0 radical (unpaired) electrons. The second-order valence-electron chi connectivity index (χ2n) is 6.01. The van der Waals surface area contributed by atoms with Crippen molar-refractivity contribution >= 4 is 5.78 Å². The van der Waals surface area contributed by atoms with Crippen molar-refractivity contribution in [3.8, 4) is 6.07 Å². The highest BCUT2D eigenvalue weighted by Gasteiger charge is 2.55. The number of carbonyl (C=O) groups is 1. The normalized spacial score (nSPS) is 30.0. The molecule has 1 aromatic carbocycles. The number of aryl methyl sites for hydroxylation is 1. The molecule has 0 saturated heterocycles. The van der Waals surface area contributed by atoms with Crippen molar-refractivity contribution in [1.29, 1.82) is 5.26 Å². The molecule has 2 fully saturated rings. The second kappa shape index (κ2) is 4.81. The summed E-state index contributed by atoms with van der Waals surface area (Å²) in [4.78, 5) is 12.6. The van der Waals surface area contributed by atoms with Crippen molar-refractivity contribution < 1.29 is 4.79 Å². The number of benzene rings is 1. The molecule has 1 aromatic rings. The van der Waals surface area contributed by atoms with E-state index < -0.39 is 5.92 Å². The third-order valence-electron chi connectivity index (χ3n) is 4.81. The molecule has 2 heteroatoms. The zero-order valence-electron chi connectivity index (χ0n) is 11.3. The van der Waals surface area contributed by atoms with Crippen molar-refractivity contribution in [2.75, 3.05) is 0 Å². The summed E-state index contributed by atoms with van der Waals surface area (Å²) in [7, 11) is 0. The summed E-state index contributed by atoms with van der Waals surface area (Å²) in [6.45, 7) is 2.02. The molecule has 0 bridgehead atoms. The fraction of sp³-hybridized carbons (Fsp3) is 0.529. The Labute approximate surface area is 114 Å². The Morgan fingerprint density at radius 2 is 1.79 bits per heavy atom. The summed E-state index contributed by atoms with van der Waals surface area (Å²) < 4.78 is 0. The van der Waals surface area contributed by atoms with Crippen LogP contribution in [0.25, 0.3) is 0 Å². The molecule has 0 heterocycles. The molecule has 0 N–H and O–H groups in total. The topological polar surface area (TPSA) is 40.9 Å². The molecular formula is C17H19NO. The molecule has 3 atom stereocenters. The van der Waals surface area contributed by atoms with E-state index in [1.807, 2.05) is 31.2 Å². The lowest BCUT2D eigenvalue weighted by Gasteiger charge is -2.08. The van der Waals surface area contributed by atoms with Crippen LogP contribution in [0.4, 0.5) is 0 Å². The minimum Gasteiger partial charge on any atom is -0.298 e. The lowest BCUT2D eigenvalue weighted by atomic mass is 9.92. The minimum absolute atomic E-state index is 0.170. The lowest BCUT2D eigenvalue weighted by Crippen LogP contribution is -2.14. The highest BCUT2D eigenvalue weighted by Crippen LogP contribution is 2.57. The Morgan fingerprint density at radius 1 is 1.21 bits per heavy atom. The smallest absolute Gasteiger partial charge is 0.158 e. The van der Waals surface area contributed by atoms with Gasteiger partial charge in [-0.25, -0.2) is 0 Å². The van der Waals surface area contributed by atoms with Crippen LogP contribution in [0.3, 0.4) is 0 Å². The van der Waals surface area contributed by atoms with Crippen LogP contribution in [-0.4, -0.2) is 5.78 Å². The van der Waals surface area contributed by atoms with E-state index in [-0.39, 0.29) is 11.7 Å². The van der Waals surface area contributed by atoms with Crippen LogP contribution in [0, 0.1) is 36.0 Å². The largest absolute Gasteiger partial charge is 0.298 e. The van der Waals surface area contributed by atoms with Crippen molar-refractivity contribution in [1.82, 2.24) is 0 Å². The number of carbonyl (C=O) groups excluding carboxylic acids is 1. The van der Waals surface area contributed by atoms with Crippen LogP contribution < -0.4 is 0 Å². The van der Waals surface area contributed by atoms with E-state index in [0.717, 1.165) is 11.1 Å². The maximum absolute atomic E-state index is 12.6. The van der Waals surface area contributed by atoms with Gasteiger partial charge in [0.05, 0.1) is 6.07 Å². The molecule has 98 valence electrons. The van der Waals surface area contributed by atoms with Crippen LogP contribution in [-0.2, 0) is 4.79 Å². The zero-order valence-corrected chi connectivity index (χ0v) is 11.3. The van der Waals surface area contributed by atoms with Crippen LogP contribution in [0.15, 0.2) is 24.3 Å². The van der Waals surface area contributed by atoms with E-state index in [1.165, 1.54) is 25.7 Å². The number of hydrogen-bond donors (Lipinski definition) is 0. The molecule has 2 aliphatic rings. The van der Waals surface area contributed by atoms with Gasteiger partial charge in [-0.1, -0.05) is 42.7 Å². The maximum atomic E-state index is 12.6. The third-order valence-corrected chi connectivity index (χ3v) is 4.81. The molecule has 0 spiro atoms. The van der Waals surface area contributed by atoms with Crippen LogP contribution in [0.1, 0.15) is 42.7 Å².